The lowest BCUT2D eigenvalue weighted by molar-refractivity contribution is -0.177. The summed E-state index contributed by atoms with van der Waals surface area (Å²) >= 11 is 3.61. The van der Waals surface area contributed by atoms with E-state index >= 15 is 0 Å². The number of ether oxygens (including phenoxy) is 1. The number of anilines is 1. The highest BCUT2D eigenvalue weighted by Gasteiger charge is 2.57. The molecule has 0 radical (unpaired) electrons. The van der Waals surface area contributed by atoms with Crippen LogP contribution in [-0.2, 0) is 4.74 Å². The summed E-state index contributed by atoms with van der Waals surface area (Å²) < 4.78 is 7.08. The van der Waals surface area contributed by atoms with Crippen LogP contribution in [0.25, 0.3) is 0 Å². The molecule has 1 heterocycles. The summed E-state index contributed by atoms with van der Waals surface area (Å²) in [5.41, 5.74) is 1.42. The van der Waals surface area contributed by atoms with Gasteiger partial charge in [0.2, 0.25) is 0 Å². The predicted octanol–water partition coefficient (Wildman–Crippen LogP) is 4.06. The first kappa shape index (κ1) is 12.5. The van der Waals surface area contributed by atoms with Gasteiger partial charge < -0.3 is 10.1 Å². The molecule has 3 rings (SSSR count). The molecular weight excluding hydrogens is 290 g/mol. The third-order valence-electron chi connectivity index (χ3n) is 4.52. The van der Waals surface area contributed by atoms with Crippen molar-refractivity contribution in [3.8, 4) is 0 Å². The minimum absolute atomic E-state index is 0.223. The zero-order valence-corrected chi connectivity index (χ0v) is 12.5. The van der Waals surface area contributed by atoms with Gasteiger partial charge in [-0.2, -0.15) is 0 Å². The van der Waals surface area contributed by atoms with Crippen LogP contribution >= 0.6 is 15.9 Å². The van der Waals surface area contributed by atoms with Gasteiger partial charge in [0.05, 0.1) is 6.10 Å². The average molecular weight is 310 g/mol. The molecular formula is C15H20BrNO. The Bertz CT molecular complexity index is 446. The summed E-state index contributed by atoms with van der Waals surface area (Å²) in [5, 5.41) is 3.71. The van der Waals surface area contributed by atoms with E-state index in [-0.39, 0.29) is 5.41 Å². The van der Waals surface area contributed by atoms with E-state index in [2.05, 4.69) is 53.3 Å². The molecule has 2 aliphatic rings. The molecule has 2 nitrogen and oxygen atoms in total. The van der Waals surface area contributed by atoms with Crippen LogP contribution in [0.1, 0.15) is 26.7 Å². The Balaban J connectivity index is 1.78. The third-order valence-corrected chi connectivity index (χ3v) is 5.21. The van der Waals surface area contributed by atoms with Crippen LogP contribution in [0.3, 0.4) is 0 Å². The van der Waals surface area contributed by atoms with E-state index in [0.717, 1.165) is 11.1 Å². The summed E-state index contributed by atoms with van der Waals surface area (Å²) in [5.74, 6) is 0.667. The lowest BCUT2D eigenvalue weighted by Gasteiger charge is -2.60. The van der Waals surface area contributed by atoms with E-state index in [0.29, 0.717) is 18.1 Å². The minimum atomic E-state index is 0.223. The number of rotatable bonds is 2. The molecule has 1 aliphatic heterocycles. The van der Waals surface area contributed by atoms with E-state index in [1.54, 1.807) is 0 Å². The molecule has 3 unspecified atom stereocenters. The van der Waals surface area contributed by atoms with Gasteiger partial charge in [0.1, 0.15) is 0 Å². The van der Waals surface area contributed by atoms with Crippen LogP contribution in [0.2, 0.25) is 0 Å². The monoisotopic (exact) mass is 309 g/mol. The topological polar surface area (TPSA) is 21.3 Å². The molecule has 2 fully saturated rings. The van der Waals surface area contributed by atoms with Gasteiger partial charge >= 0.3 is 0 Å². The van der Waals surface area contributed by atoms with Crippen LogP contribution in [0.15, 0.2) is 28.7 Å². The number of benzene rings is 1. The molecule has 0 amide bonds. The maximum atomic E-state index is 5.94. The molecule has 1 saturated carbocycles. The lowest BCUT2D eigenvalue weighted by Crippen LogP contribution is -2.67. The second kappa shape index (κ2) is 4.53. The highest BCUT2D eigenvalue weighted by atomic mass is 79.9. The van der Waals surface area contributed by atoms with Crippen molar-refractivity contribution < 1.29 is 4.74 Å². The minimum Gasteiger partial charge on any atom is -0.380 e. The first-order valence-corrected chi connectivity index (χ1v) is 7.52. The van der Waals surface area contributed by atoms with E-state index in [1.807, 2.05) is 6.07 Å². The standard InChI is InChI=1S/C15H20BrNO/c1-15(2)13(10-6-5-9-18-14(10)15)17-12-8-4-3-7-11(12)16/h3-4,7-8,10,13-14,17H,5-6,9H2,1-2H3. The van der Waals surface area contributed by atoms with Gasteiger partial charge in [0.15, 0.2) is 0 Å². The third kappa shape index (κ3) is 1.88. The molecule has 1 aromatic rings. The number of nitrogens with one attached hydrogen (secondary N) is 1. The van der Waals surface area contributed by atoms with Crippen LogP contribution in [0, 0.1) is 11.3 Å². The molecule has 3 heteroatoms. The van der Waals surface area contributed by atoms with Gasteiger partial charge in [-0.25, -0.2) is 0 Å². The van der Waals surface area contributed by atoms with E-state index in [1.165, 1.54) is 18.5 Å². The Morgan fingerprint density at radius 2 is 2.11 bits per heavy atom. The van der Waals surface area contributed by atoms with Crippen LogP contribution in [0.4, 0.5) is 5.69 Å². The fourth-order valence-electron chi connectivity index (χ4n) is 3.56. The summed E-state index contributed by atoms with van der Waals surface area (Å²) in [4.78, 5) is 0. The molecule has 98 valence electrons. The van der Waals surface area contributed by atoms with Crippen molar-refractivity contribution in [3.63, 3.8) is 0 Å². The van der Waals surface area contributed by atoms with E-state index in [4.69, 9.17) is 4.74 Å². The summed E-state index contributed by atoms with van der Waals surface area (Å²) in [6.45, 7) is 5.56. The number of hydrogen-bond donors (Lipinski definition) is 1. The Morgan fingerprint density at radius 1 is 1.33 bits per heavy atom. The van der Waals surface area contributed by atoms with Crippen molar-refractivity contribution in [1.82, 2.24) is 0 Å². The largest absolute Gasteiger partial charge is 0.380 e. The lowest BCUT2D eigenvalue weighted by atomic mass is 9.55. The van der Waals surface area contributed by atoms with Gasteiger partial charge in [0.25, 0.3) is 0 Å². The fraction of sp³-hybridized carbons (Fsp3) is 0.600. The Morgan fingerprint density at radius 3 is 2.89 bits per heavy atom. The van der Waals surface area contributed by atoms with Crippen molar-refractivity contribution >= 4 is 21.6 Å². The number of para-hydroxylation sites is 1. The smallest absolute Gasteiger partial charge is 0.0693 e. The zero-order valence-electron chi connectivity index (χ0n) is 10.9. The molecule has 1 saturated heterocycles. The first-order chi connectivity index (χ1) is 8.60. The van der Waals surface area contributed by atoms with Gasteiger partial charge in [0, 0.05) is 34.1 Å². The SMILES string of the molecule is CC1(C)C(Nc2ccccc2Br)C2CCCOC21. The zero-order chi connectivity index (χ0) is 12.8. The Labute approximate surface area is 117 Å². The van der Waals surface area contributed by atoms with Crippen molar-refractivity contribution in [2.45, 2.75) is 38.8 Å². The van der Waals surface area contributed by atoms with Crippen LogP contribution in [0.5, 0.6) is 0 Å². The van der Waals surface area contributed by atoms with Gasteiger partial charge in [-0.15, -0.1) is 0 Å². The number of fused-ring (bicyclic) bond motifs is 1. The van der Waals surface area contributed by atoms with Crippen molar-refractivity contribution in [2.24, 2.45) is 11.3 Å². The van der Waals surface area contributed by atoms with Crippen molar-refractivity contribution in [2.75, 3.05) is 11.9 Å². The van der Waals surface area contributed by atoms with E-state index in [9.17, 15) is 0 Å². The second-order valence-corrected chi connectivity index (χ2v) is 6.88. The molecule has 1 aliphatic carbocycles. The number of halogens is 1. The normalized spacial score (nSPS) is 33.4. The first-order valence-electron chi connectivity index (χ1n) is 6.73. The Hall–Kier alpha value is -0.540. The maximum Gasteiger partial charge on any atom is 0.0693 e. The molecule has 0 bridgehead atoms. The highest BCUT2D eigenvalue weighted by molar-refractivity contribution is 9.10. The molecule has 1 aromatic carbocycles. The average Bonchev–Trinajstić information content (AvgIpc) is 2.38. The molecule has 0 spiro atoms. The highest BCUT2D eigenvalue weighted by Crippen LogP contribution is 2.52. The summed E-state index contributed by atoms with van der Waals surface area (Å²) in [7, 11) is 0. The van der Waals surface area contributed by atoms with Gasteiger partial charge in [-0.3, -0.25) is 0 Å². The summed E-state index contributed by atoms with van der Waals surface area (Å²) in [6, 6.07) is 8.86. The van der Waals surface area contributed by atoms with Crippen LogP contribution < -0.4 is 5.32 Å². The molecule has 1 N–H and O–H groups in total. The van der Waals surface area contributed by atoms with Gasteiger partial charge in [-0.05, 0) is 40.9 Å². The molecule has 0 aromatic heterocycles. The Kier molecular flexibility index (Phi) is 3.15. The van der Waals surface area contributed by atoms with Crippen LogP contribution in [-0.4, -0.2) is 18.8 Å². The number of hydrogen-bond acceptors (Lipinski definition) is 2. The van der Waals surface area contributed by atoms with Crippen molar-refractivity contribution in [3.05, 3.63) is 28.7 Å². The second-order valence-electron chi connectivity index (χ2n) is 6.02. The van der Waals surface area contributed by atoms with E-state index < -0.39 is 0 Å². The fourth-order valence-corrected chi connectivity index (χ4v) is 3.96. The maximum absolute atomic E-state index is 5.94. The molecule has 3 atom stereocenters. The molecule has 18 heavy (non-hydrogen) atoms. The summed E-state index contributed by atoms with van der Waals surface area (Å²) in [6.07, 6.45) is 2.92. The van der Waals surface area contributed by atoms with Gasteiger partial charge in [-0.1, -0.05) is 26.0 Å². The quantitative estimate of drug-likeness (QED) is 0.889. The van der Waals surface area contributed by atoms with Crippen molar-refractivity contribution in [1.29, 1.82) is 0 Å². The predicted molar refractivity (Wildman–Crippen MR) is 77.8 cm³/mol.